The van der Waals surface area contributed by atoms with Gasteiger partial charge in [-0.05, 0) is 31.2 Å². The molecule has 3 rings (SSSR count). The van der Waals surface area contributed by atoms with Gasteiger partial charge in [0, 0.05) is 18.2 Å². The molecule has 2 aliphatic rings. The highest BCUT2D eigenvalue weighted by atomic mass is 35.5. The van der Waals surface area contributed by atoms with Crippen molar-refractivity contribution in [1.82, 2.24) is 4.98 Å². The van der Waals surface area contributed by atoms with Crippen LogP contribution in [0, 0.1) is 11.7 Å². The molecule has 1 aliphatic carbocycles. The molecule has 0 N–H and O–H groups in total. The van der Waals surface area contributed by atoms with E-state index in [1.54, 1.807) is 0 Å². The van der Waals surface area contributed by atoms with Gasteiger partial charge in [0.25, 0.3) is 0 Å². The van der Waals surface area contributed by atoms with Crippen molar-refractivity contribution in [3.8, 4) is 0 Å². The first-order chi connectivity index (χ1) is 8.79. The summed E-state index contributed by atoms with van der Waals surface area (Å²) in [6.07, 6.45) is 7.78. The van der Waals surface area contributed by atoms with Gasteiger partial charge in [-0.25, -0.2) is 9.37 Å². The Labute approximate surface area is 112 Å². The van der Waals surface area contributed by atoms with Gasteiger partial charge in [0.15, 0.2) is 0 Å². The molecular weight excluding hydrogens is 251 g/mol. The number of fused-ring (bicyclic) bond motifs is 1. The summed E-state index contributed by atoms with van der Waals surface area (Å²) in [6, 6.07) is 2.12. The van der Waals surface area contributed by atoms with Crippen molar-refractivity contribution in [2.75, 3.05) is 11.4 Å². The maximum absolute atomic E-state index is 13.2. The van der Waals surface area contributed by atoms with Crippen molar-refractivity contribution in [3.05, 3.63) is 23.6 Å². The summed E-state index contributed by atoms with van der Waals surface area (Å²) < 4.78 is 13.2. The Bertz CT molecular complexity index is 438. The average Bonchev–Trinajstić information content (AvgIpc) is 2.82. The lowest BCUT2D eigenvalue weighted by Crippen LogP contribution is -2.35. The molecule has 0 bridgehead atoms. The number of hydrogen-bond donors (Lipinski definition) is 0. The standard InChI is InChI=1S/C14H18ClFN2/c15-8-11-7-12(16)9-17-14(11)18-6-5-10-3-1-2-4-13(10)18/h7,9-10,13H,1-6,8H2. The maximum Gasteiger partial charge on any atom is 0.141 e. The molecule has 2 atom stereocenters. The predicted molar refractivity (Wildman–Crippen MR) is 71.5 cm³/mol. The lowest BCUT2D eigenvalue weighted by Gasteiger charge is -2.33. The third-order valence-electron chi connectivity index (χ3n) is 4.34. The number of aromatic nitrogens is 1. The minimum Gasteiger partial charge on any atom is -0.353 e. The number of hydrogen-bond acceptors (Lipinski definition) is 2. The Balaban J connectivity index is 1.90. The average molecular weight is 269 g/mol. The van der Waals surface area contributed by atoms with E-state index in [9.17, 15) is 4.39 Å². The van der Waals surface area contributed by atoms with Crippen LogP contribution in [-0.4, -0.2) is 17.6 Å². The summed E-state index contributed by atoms with van der Waals surface area (Å²) in [4.78, 5) is 6.65. The molecule has 4 heteroatoms. The van der Waals surface area contributed by atoms with Crippen LogP contribution in [0.1, 0.15) is 37.7 Å². The molecule has 98 valence electrons. The van der Waals surface area contributed by atoms with Gasteiger partial charge in [0.1, 0.15) is 11.6 Å². The zero-order valence-corrected chi connectivity index (χ0v) is 11.2. The Hall–Kier alpha value is -0.830. The SMILES string of the molecule is Fc1cnc(N2CCC3CCCCC32)c(CCl)c1. The number of pyridine rings is 1. The summed E-state index contributed by atoms with van der Waals surface area (Å²) >= 11 is 5.92. The number of anilines is 1. The van der Waals surface area contributed by atoms with Crippen molar-refractivity contribution >= 4 is 17.4 Å². The lowest BCUT2D eigenvalue weighted by molar-refractivity contribution is 0.341. The van der Waals surface area contributed by atoms with Crippen molar-refractivity contribution in [1.29, 1.82) is 0 Å². The summed E-state index contributed by atoms with van der Waals surface area (Å²) in [6.45, 7) is 1.04. The van der Waals surface area contributed by atoms with E-state index in [-0.39, 0.29) is 5.82 Å². The number of rotatable bonds is 2. The first-order valence-electron chi connectivity index (χ1n) is 6.76. The van der Waals surface area contributed by atoms with Crippen LogP contribution < -0.4 is 4.90 Å². The van der Waals surface area contributed by atoms with Crippen LogP contribution in [0.5, 0.6) is 0 Å². The van der Waals surface area contributed by atoms with Crippen LogP contribution >= 0.6 is 11.6 Å². The molecule has 2 nitrogen and oxygen atoms in total. The fourth-order valence-electron chi connectivity index (χ4n) is 3.50. The van der Waals surface area contributed by atoms with Crippen molar-refractivity contribution in [2.45, 2.75) is 44.0 Å². The van der Waals surface area contributed by atoms with E-state index in [1.165, 1.54) is 44.4 Å². The van der Waals surface area contributed by atoms with Crippen LogP contribution in [0.15, 0.2) is 12.3 Å². The third-order valence-corrected chi connectivity index (χ3v) is 4.62. The smallest absolute Gasteiger partial charge is 0.141 e. The number of halogens is 2. The van der Waals surface area contributed by atoms with E-state index < -0.39 is 0 Å². The molecule has 18 heavy (non-hydrogen) atoms. The Morgan fingerprint density at radius 3 is 3.00 bits per heavy atom. The number of alkyl halides is 1. The molecule has 1 saturated heterocycles. The summed E-state index contributed by atoms with van der Waals surface area (Å²) in [5.74, 6) is 1.73. The minimum atomic E-state index is -0.297. The molecule has 2 heterocycles. The molecule has 1 saturated carbocycles. The predicted octanol–water partition coefficient (Wildman–Crippen LogP) is 3.73. The van der Waals surface area contributed by atoms with E-state index in [0.29, 0.717) is 11.9 Å². The molecule has 1 aliphatic heterocycles. The Kier molecular flexibility index (Phi) is 3.42. The highest BCUT2D eigenvalue weighted by Crippen LogP contribution is 2.39. The van der Waals surface area contributed by atoms with Gasteiger partial charge in [-0.15, -0.1) is 11.6 Å². The topological polar surface area (TPSA) is 16.1 Å². The van der Waals surface area contributed by atoms with Crippen LogP contribution in [0.2, 0.25) is 0 Å². The van der Waals surface area contributed by atoms with Gasteiger partial charge >= 0.3 is 0 Å². The molecule has 0 aromatic carbocycles. The normalized spacial score (nSPS) is 27.3. The van der Waals surface area contributed by atoms with Gasteiger partial charge < -0.3 is 4.90 Å². The zero-order chi connectivity index (χ0) is 12.5. The van der Waals surface area contributed by atoms with Crippen LogP contribution in [0.4, 0.5) is 10.2 Å². The molecule has 1 aromatic heterocycles. The quantitative estimate of drug-likeness (QED) is 0.760. The highest BCUT2D eigenvalue weighted by Gasteiger charge is 2.36. The zero-order valence-electron chi connectivity index (χ0n) is 10.4. The lowest BCUT2D eigenvalue weighted by atomic mass is 9.85. The second-order valence-electron chi connectivity index (χ2n) is 5.36. The van der Waals surface area contributed by atoms with Crippen molar-refractivity contribution < 1.29 is 4.39 Å². The third kappa shape index (κ3) is 2.09. The van der Waals surface area contributed by atoms with E-state index >= 15 is 0 Å². The fraction of sp³-hybridized carbons (Fsp3) is 0.643. The first kappa shape index (κ1) is 12.2. The maximum atomic E-state index is 13.2. The van der Waals surface area contributed by atoms with Gasteiger partial charge in [0.05, 0.1) is 12.1 Å². The van der Waals surface area contributed by atoms with Gasteiger partial charge in [-0.1, -0.05) is 12.8 Å². The Morgan fingerprint density at radius 2 is 2.17 bits per heavy atom. The van der Waals surface area contributed by atoms with Crippen LogP contribution in [0.3, 0.4) is 0 Å². The fourth-order valence-corrected chi connectivity index (χ4v) is 3.70. The highest BCUT2D eigenvalue weighted by molar-refractivity contribution is 6.17. The number of nitrogens with zero attached hydrogens (tertiary/aromatic N) is 2. The Morgan fingerprint density at radius 1 is 1.33 bits per heavy atom. The molecule has 2 unspecified atom stereocenters. The van der Waals surface area contributed by atoms with Gasteiger partial charge in [-0.2, -0.15) is 0 Å². The van der Waals surface area contributed by atoms with Gasteiger partial charge in [0.2, 0.25) is 0 Å². The van der Waals surface area contributed by atoms with Crippen molar-refractivity contribution in [3.63, 3.8) is 0 Å². The second-order valence-corrected chi connectivity index (χ2v) is 5.63. The summed E-state index contributed by atoms with van der Waals surface area (Å²) in [7, 11) is 0. The molecule has 1 aromatic rings. The molecule has 0 radical (unpaired) electrons. The summed E-state index contributed by atoms with van der Waals surface area (Å²) in [5, 5.41) is 0. The van der Waals surface area contributed by atoms with Crippen LogP contribution in [-0.2, 0) is 5.88 Å². The molecule has 0 spiro atoms. The molecule has 0 amide bonds. The second kappa shape index (κ2) is 5.04. The largest absolute Gasteiger partial charge is 0.353 e. The minimum absolute atomic E-state index is 0.297. The van der Waals surface area contributed by atoms with E-state index in [2.05, 4.69) is 9.88 Å². The van der Waals surface area contributed by atoms with E-state index in [4.69, 9.17) is 11.6 Å². The first-order valence-corrected chi connectivity index (χ1v) is 7.30. The van der Waals surface area contributed by atoms with E-state index in [0.717, 1.165) is 23.8 Å². The van der Waals surface area contributed by atoms with Crippen LogP contribution in [0.25, 0.3) is 0 Å². The molecule has 2 fully saturated rings. The van der Waals surface area contributed by atoms with E-state index in [1.807, 2.05) is 0 Å². The molecular formula is C14H18ClFN2. The van der Waals surface area contributed by atoms with Gasteiger partial charge in [-0.3, -0.25) is 0 Å². The monoisotopic (exact) mass is 268 g/mol. The summed E-state index contributed by atoms with van der Waals surface area (Å²) in [5.41, 5.74) is 0.822. The van der Waals surface area contributed by atoms with Crippen molar-refractivity contribution in [2.24, 2.45) is 5.92 Å².